The van der Waals surface area contributed by atoms with E-state index < -0.39 is 51.1 Å². The van der Waals surface area contributed by atoms with Gasteiger partial charge in [0, 0.05) is 12.8 Å². The Balaban J connectivity index is 4.38. The van der Waals surface area contributed by atoms with Crippen molar-refractivity contribution >= 4 is 25.7 Å². The minimum Gasteiger partial charge on any atom is -0.480 e. The molecule has 326 valence electrons. The van der Waals surface area contributed by atoms with E-state index in [9.17, 15) is 23.8 Å². The molecule has 0 aliphatic rings. The Labute approximate surface area is 340 Å². The maximum atomic E-state index is 12.6. The maximum absolute atomic E-state index is 12.6. The molecule has 0 saturated carbocycles. The SMILES string of the molecule is CCCCC/C=C\C/C=C\CCCCCCCCCC(=O)OC(COC(=O)CCCCCCC/C=C\CCCCCCCC)COP(=O)(O)OCC(N)C(=O)O. The lowest BCUT2D eigenvalue weighted by molar-refractivity contribution is -0.161. The van der Waals surface area contributed by atoms with Gasteiger partial charge in [0.1, 0.15) is 12.6 Å². The summed E-state index contributed by atoms with van der Waals surface area (Å²) in [4.78, 5) is 46.0. The number of phosphoric acid groups is 1. The molecular weight excluding hydrogens is 733 g/mol. The van der Waals surface area contributed by atoms with Crippen molar-refractivity contribution in [2.24, 2.45) is 5.73 Å². The van der Waals surface area contributed by atoms with E-state index in [-0.39, 0.29) is 19.4 Å². The second-order valence-corrected chi connectivity index (χ2v) is 16.3. The molecule has 0 aliphatic carbocycles. The molecule has 4 N–H and O–H groups in total. The van der Waals surface area contributed by atoms with Gasteiger partial charge in [0.25, 0.3) is 0 Å². The van der Waals surface area contributed by atoms with Crippen molar-refractivity contribution in [1.82, 2.24) is 0 Å². The van der Waals surface area contributed by atoms with Crippen LogP contribution < -0.4 is 5.73 Å². The average molecular weight is 814 g/mol. The number of hydrogen-bond acceptors (Lipinski definition) is 9. The molecule has 3 unspecified atom stereocenters. The highest BCUT2D eigenvalue weighted by Gasteiger charge is 2.28. The van der Waals surface area contributed by atoms with Gasteiger partial charge in [-0.3, -0.25) is 23.4 Å². The summed E-state index contributed by atoms with van der Waals surface area (Å²) in [6, 6.07) is -1.52. The van der Waals surface area contributed by atoms with Crippen LogP contribution >= 0.6 is 7.82 Å². The van der Waals surface area contributed by atoms with E-state index in [0.717, 1.165) is 77.0 Å². The highest BCUT2D eigenvalue weighted by atomic mass is 31.2. The van der Waals surface area contributed by atoms with E-state index >= 15 is 0 Å². The van der Waals surface area contributed by atoms with Crippen LogP contribution in [-0.2, 0) is 37.5 Å². The zero-order chi connectivity index (χ0) is 41.4. The number of carbonyl (C=O) groups is 3. The van der Waals surface area contributed by atoms with E-state index in [1.165, 1.54) is 77.0 Å². The zero-order valence-corrected chi connectivity index (χ0v) is 36.1. The van der Waals surface area contributed by atoms with Crippen molar-refractivity contribution in [1.29, 1.82) is 0 Å². The Kier molecular flexibility index (Phi) is 37.9. The highest BCUT2D eigenvalue weighted by Crippen LogP contribution is 2.43. The molecule has 3 atom stereocenters. The number of hydrogen-bond donors (Lipinski definition) is 3. The quantitative estimate of drug-likeness (QED) is 0.0232. The van der Waals surface area contributed by atoms with Crippen LogP contribution in [0.1, 0.15) is 194 Å². The fourth-order valence-electron chi connectivity index (χ4n) is 5.85. The second kappa shape index (κ2) is 39.5. The lowest BCUT2D eigenvalue weighted by Gasteiger charge is -2.20. The maximum Gasteiger partial charge on any atom is 0.472 e. The number of carboxylic acids is 1. The van der Waals surface area contributed by atoms with Crippen LogP contribution in [0.15, 0.2) is 36.5 Å². The molecule has 0 saturated heterocycles. The van der Waals surface area contributed by atoms with Gasteiger partial charge in [0.2, 0.25) is 0 Å². The summed E-state index contributed by atoms with van der Waals surface area (Å²) >= 11 is 0. The number of unbranched alkanes of at least 4 members (excludes halogenated alkanes) is 21. The molecule has 0 aromatic rings. The van der Waals surface area contributed by atoms with Crippen molar-refractivity contribution in [3.63, 3.8) is 0 Å². The van der Waals surface area contributed by atoms with Gasteiger partial charge in [-0.2, -0.15) is 0 Å². The molecule has 56 heavy (non-hydrogen) atoms. The molecule has 0 aromatic heterocycles. The monoisotopic (exact) mass is 814 g/mol. The largest absolute Gasteiger partial charge is 0.480 e. The third-order valence-electron chi connectivity index (χ3n) is 9.36. The Morgan fingerprint density at radius 2 is 0.946 bits per heavy atom. The van der Waals surface area contributed by atoms with Gasteiger partial charge in [0.05, 0.1) is 13.2 Å². The van der Waals surface area contributed by atoms with Crippen LogP contribution in [0.3, 0.4) is 0 Å². The summed E-state index contributed by atoms with van der Waals surface area (Å²) < 4.78 is 32.7. The summed E-state index contributed by atoms with van der Waals surface area (Å²) in [7, 11) is -4.72. The van der Waals surface area contributed by atoms with Crippen LogP contribution in [-0.4, -0.2) is 59.9 Å². The predicted octanol–water partition coefficient (Wildman–Crippen LogP) is 11.6. The molecule has 0 amide bonds. The number of rotatable bonds is 41. The van der Waals surface area contributed by atoms with E-state index in [1.807, 2.05) is 0 Å². The van der Waals surface area contributed by atoms with Crippen molar-refractivity contribution in [2.45, 2.75) is 206 Å². The molecule has 0 fully saturated rings. The number of nitrogens with two attached hydrogens (primary N) is 1. The van der Waals surface area contributed by atoms with Crippen molar-refractivity contribution in [2.75, 3.05) is 19.8 Å². The minimum absolute atomic E-state index is 0.151. The first kappa shape index (κ1) is 53.7. The third kappa shape index (κ3) is 38.6. The Bertz CT molecular complexity index is 1100. The number of ether oxygens (including phenoxy) is 2. The van der Waals surface area contributed by atoms with Gasteiger partial charge in [-0.05, 0) is 70.6 Å². The Morgan fingerprint density at radius 3 is 1.45 bits per heavy atom. The Hall–Kier alpha value is -2.30. The highest BCUT2D eigenvalue weighted by molar-refractivity contribution is 7.47. The normalized spacial score (nSPS) is 14.1. The summed E-state index contributed by atoms with van der Waals surface area (Å²) in [5.74, 6) is -2.40. The zero-order valence-electron chi connectivity index (χ0n) is 35.2. The smallest absolute Gasteiger partial charge is 0.472 e. The lowest BCUT2D eigenvalue weighted by Crippen LogP contribution is -2.34. The molecule has 0 aromatic carbocycles. The molecule has 12 heteroatoms. The van der Waals surface area contributed by atoms with E-state index in [4.69, 9.17) is 24.8 Å². The number of phosphoric ester groups is 1. The molecule has 0 spiro atoms. The molecule has 11 nitrogen and oxygen atoms in total. The number of carboxylic acid groups (broad SMARTS) is 1. The molecule has 0 bridgehead atoms. The van der Waals surface area contributed by atoms with E-state index in [0.29, 0.717) is 12.8 Å². The number of aliphatic carboxylic acids is 1. The third-order valence-corrected chi connectivity index (χ3v) is 10.3. The van der Waals surface area contributed by atoms with Gasteiger partial charge in [-0.1, -0.05) is 147 Å². The first-order valence-corrected chi connectivity index (χ1v) is 23.5. The van der Waals surface area contributed by atoms with Gasteiger partial charge >= 0.3 is 25.7 Å². The predicted molar refractivity (Wildman–Crippen MR) is 226 cm³/mol. The van der Waals surface area contributed by atoms with Gasteiger partial charge in [-0.15, -0.1) is 0 Å². The van der Waals surface area contributed by atoms with Crippen LogP contribution in [0, 0.1) is 0 Å². The summed E-state index contributed by atoms with van der Waals surface area (Å²) in [5, 5.41) is 8.89. The summed E-state index contributed by atoms with van der Waals surface area (Å²) in [6.07, 6.45) is 42.0. The topological polar surface area (TPSA) is 172 Å². The molecule has 0 rings (SSSR count). The number of allylic oxidation sites excluding steroid dienone is 6. The van der Waals surface area contributed by atoms with Crippen molar-refractivity contribution in [3.05, 3.63) is 36.5 Å². The fraction of sp³-hybridized carbons (Fsp3) is 0.795. The van der Waals surface area contributed by atoms with E-state index in [1.54, 1.807) is 0 Å². The fourth-order valence-corrected chi connectivity index (χ4v) is 6.63. The summed E-state index contributed by atoms with van der Waals surface area (Å²) in [5.41, 5.74) is 5.33. The summed E-state index contributed by atoms with van der Waals surface area (Å²) in [6.45, 7) is 2.76. The molecule has 0 radical (unpaired) electrons. The first-order valence-electron chi connectivity index (χ1n) is 22.0. The standard InChI is InChI=1S/C44H80NO10P/c1-3-5-7-9-11-13-15-17-19-20-22-24-26-28-30-32-34-36-43(47)55-40(38-53-56(50,51)54-39-41(45)44(48)49)37-52-42(46)35-33-31-29-27-25-23-21-18-16-14-12-10-8-6-4-2/h11,13,17-19,21,40-41H,3-10,12,14-16,20,22-39,45H2,1-2H3,(H,48,49)(H,50,51)/b13-11-,19-17-,21-18-. The van der Waals surface area contributed by atoms with Crippen LogP contribution in [0.2, 0.25) is 0 Å². The van der Waals surface area contributed by atoms with Crippen molar-refractivity contribution < 1.29 is 47.5 Å². The molecule has 0 aliphatic heterocycles. The van der Waals surface area contributed by atoms with Crippen LogP contribution in [0.25, 0.3) is 0 Å². The minimum atomic E-state index is -4.72. The van der Waals surface area contributed by atoms with Gasteiger partial charge in [0.15, 0.2) is 6.10 Å². The number of esters is 2. The second-order valence-electron chi connectivity index (χ2n) is 14.8. The average Bonchev–Trinajstić information content (AvgIpc) is 3.17. The molecular formula is C44H80NO10P. The lowest BCUT2D eigenvalue weighted by atomic mass is 10.1. The van der Waals surface area contributed by atoms with Gasteiger partial charge < -0.3 is 25.2 Å². The van der Waals surface area contributed by atoms with E-state index in [2.05, 4.69) is 54.8 Å². The molecule has 0 heterocycles. The van der Waals surface area contributed by atoms with Crippen molar-refractivity contribution in [3.8, 4) is 0 Å². The first-order chi connectivity index (χ1) is 27.1. The van der Waals surface area contributed by atoms with Crippen LogP contribution in [0.4, 0.5) is 0 Å². The number of carbonyl (C=O) groups excluding carboxylic acids is 2. The van der Waals surface area contributed by atoms with Crippen LogP contribution in [0.5, 0.6) is 0 Å². The Morgan fingerprint density at radius 1 is 0.554 bits per heavy atom. The van der Waals surface area contributed by atoms with Gasteiger partial charge in [-0.25, -0.2) is 4.57 Å².